The van der Waals surface area contributed by atoms with Gasteiger partial charge in [-0.25, -0.2) is 0 Å². The van der Waals surface area contributed by atoms with Gasteiger partial charge in [-0.2, -0.15) is 4.37 Å². The van der Waals surface area contributed by atoms with Crippen molar-refractivity contribution in [1.29, 1.82) is 0 Å². The molecule has 5 nitrogen and oxygen atoms in total. The summed E-state index contributed by atoms with van der Waals surface area (Å²) in [7, 11) is 1.98. The average molecular weight is 268 g/mol. The van der Waals surface area contributed by atoms with Gasteiger partial charge < -0.3 is 16.0 Å². The van der Waals surface area contributed by atoms with E-state index in [4.69, 9.17) is 5.73 Å². The first kappa shape index (κ1) is 13.1. The summed E-state index contributed by atoms with van der Waals surface area (Å²) in [4.78, 5) is 14.2. The molecule has 1 aromatic rings. The summed E-state index contributed by atoms with van der Waals surface area (Å²) in [6.45, 7) is 4.24. The van der Waals surface area contributed by atoms with Crippen molar-refractivity contribution in [2.24, 2.45) is 0 Å². The number of anilines is 2. The highest BCUT2D eigenvalue weighted by atomic mass is 32.1. The molecule has 0 aliphatic heterocycles. The summed E-state index contributed by atoms with van der Waals surface area (Å²) in [5, 5.41) is 3.83. The fraction of sp³-hybridized carbons (Fsp3) is 0.667. The van der Waals surface area contributed by atoms with Gasteiger partial charge in [-0.3, -0.25) is 4.79 Å². The molecule has 1 aliphatic rings. The largest absolute Gasteiger partial charge is 0.382 e. The van der Waals surface area contributed by atoms with E-state index in [1.54, 1.807) is 0 Å². The van der Waals surface area contributed by atoms with E-state index in [2.05, 4.69) is 28.4 Å². The molecule has 6 heteroatoms. The van der Waals surface area contributed by atoms with Crippen molar-refractivity contribution in [3.05, 3.63) is 5.56 Å². The second kappa shape index (κ2) is 5.14. The highest BCUT2D eigenvalue weighted by Gasteiger charge is 2.29. The second-order valence-corrected chi connectivity index (χ2v) is 5.62. The van der Waals surface area contributed by atoms with Crippen LogP contribution in [0.1, 0.15) is 43.5 Å². The van der Waals surface area contributed by atoms with Crippen LogP contribution < -0.4 is 16.0 Å². The maximum atomic E-state index is 12.2. The standard InChI is InChI=1S/C12H20N4OS/c1-4-7(2)16(3)12-9(10(13)15-18-12)11(17)14-8-5-6-8/h7-8H,4-6H2,1-3H3,(H2,13,15)(H,14,17). The first-order valence-electron chi connectivity index (χ1n) is 6.33. The second-order valence-electron chi connectivity index (χ2n) is 4.86. The Hall–Kier alpha value is -1.30. The van der Waals surface area contributed by atoms with Crippen molar-refractivity contribution in [2.45, 2.75) is 45.2 Å². The molecule has 18 heavy (non-hydrogen) atoms. The Bertz CT molecular complexity index is 441. The lowest BCUT2D eigenvalue weighted by molar-refractivity contribution is 0.0952. The van der Waals surface area contributed by atoms with E-state index in [9.17, 15) is 4.79 Å². The lowest BCUT2D eigenvalue weighted by atomic mass is 10.2. The minimum Gasteiger partial charge on any atom is -0.382 e. The summed E-state index contributed by atoms with van der Waals surface area (Å²) < 4.78 is 4.12. The third kappa shape index (κ3) is 2.58. The molecule has 0 saturated heterocycles. The van der Waals surface area contributed by atoms with Crippen LogP contribution in [0.4, 0.5) is 10.8 Å². The summed E-state index contributed by atoms with van der Waals surface area (Å²) in [6.07, 6.45) is 3.15. The lowest BCUT2D eigenvalue weighted by Crippen LogP contribution is -2.31. The van der Waals surface area contributed by atoms with Crippen molar-refractivity contribution in [2.75, 3.05) is 17.7 Å². The molecular formula is C12H20N4OS. The molecule has 0 aromatic carbocycles. The lowest BCUT2D eigenvalue weighted by Gasteiger charge is -2.24. The van der Waals surface area contributed by atoms with Crippen LogP contribution in [-0.2, 0) is 0 Å². The fourth-order valence-electron chi connectivity index (χ4n) is 1.71. The normalized spacial score (nSPS) is 16.4. The van der Waals surface area contributed by atoms with Gasteiger partial charge in [0.05, 0.1) is 0 Å². The van der Waals surface area contributed by atoms with Gasteiger partial charge in [0.2, 0.25) is 0 Å². The predicted molar refractivity (Wildman–Crippen MR) is 75.2 cm³/mol. The molecule has 2 rings (SSSR count). The summed E-state index contributed by atoms with van der Waals surface area (Å²) in [5.74, 6) is 0.247. The molecule has 0 radical (unpaired) electrons. The molecule has 1 saturated carbocycles. The number of amides is 1. The quantitative estimate of drug-likeness (QED) is 0.855. The van der Waals surface area contributed by atoms with Gasteiger partial charge in [-0.05, 0) is 37.7 Å². The topological polar surface area (TPSA) is 71.2 Å². The molecule has 1 amide bonds. The summed E-state index contributed by atoms with van der Waals surface area (Å²) >= 11 is 1.29. The highest BCUT2D eigenvalue weighted by molar-refractivity contribution is 7.11. The highest BCUT2D eigenvalue weighted by Crippen LogP contribution is 2.32. The molecule has 3 N–H and O–H groups in total. The minimum absolute atomic E-state index is 0.0890. The Kier molecular flexibility index (Phi) is 3.75. The Morgan fingerprint density at radius 3 is 2.89 bits per heavy atom. The SMILES string of the molecule is CCC(C)N(C)c1snc(N)c1C(=O)NC1CC1. The summed E-state index contributed by atoms with van der Waals surface area (Å²) in [5.41, 5.74) is 6.37. The van der Waals surface area contributed by atoms with E-state index in [1.165, 1.54) is 11.5 Å². The summed E-state index contributed by atoms with van der Waals surface area (Å²) in [6, 6.07) is 0.691. The monoisotopic (exact) mass is 268 g/mol. The van der Waals surface area contributed by atoms with E-state index in [1.807, 2.05) is 7.05 Å². The molecule has 1 atom stereocenters. The number of nitrogens with one attached hydrogen (secondary N) is 1. The van der Waals surface area contributed by atoms with Crippen LogP contribution in [0.25, 0.3) is 0 Å². The van der Waals surface area contributed by atoms with Gasteiger partial charge in [0, 0.05) is 19.1 Å². The maximum Gasteiger partial charge on any atom is 0.258 e. The van der Waals surface area contributed by atoms with E-state index in [0.29, 0.717) is 23.5 Å². The molecule has 100 valence electrons. The van der Waals surface area contributed by atoms with Crippen molar-refractivity contribution in [3.8, 4) is 0 Å². The number of nitrogens with zero attached hydrogens (tertiary/aromatic N) is 2. The van der Waals surface area contributed by atoms with E-state index < -0.39 is 0 Å². The molecule has 1 fully saturated rings. The van der Waals surface area contributed by atoms with Crippen molar-refractivity contribution in [1.82, 2.24) is 9.69 Å². The zero-order chi connectivity index (χ0) is 13.3. The number of carbonyl (C=O) groups excluding carboxylic acids is 1. The minimum atomic E-state index is -0.0890. The zero-order valence-electron chi connectivity index (χ0n) is 11.1. The van der Waals surface area contributed by atoms with Crippen molar-refractivity contribution in [3.63, 3.8) is 0 Å². The number of hydrogen-bond donors (Lipinski definition) is 2. The third-order valence-corrected chi connectivity index (χ3v) is 4.37. The number of nitrogen functional groups attached to an aromatic ring is 1. The van der Waals surface area contributed by atoms with E-state index in [-0.39, 0.29) is 5.91 Å². The van der Waals surface area contributed by atoms with Gasteiger partial charge >= 0.3 is 0 Å². The van der Waals surface area contributed by atoms with E-state index in [0.717, 1.165) is 24.3 Å². The molecule has 1 unspecified atom stereocenters. The molecule has 1 heterocycles. The van der Waals surface area contributed by atoms with Gasteiger partial charge in [0.1, 0.15) is 10.6 Å². The Labute approximate surface area is 112 Å². The van der Waals surface area contributed by atoms with Gasteiger partial charge in [-0.15, -0.1) is 0 Å². The predicted octanol–water partition coefficient (Wildman–Crippen LogP) is 1.85. The Morgan fingerprint density at radius 1 is 1.67 bits per heavy atom. The van der Waals surface area contributed by atoms with Crippen LogP contribution in [0.5, 0.6) is 0 Å². The number of hydrogen-bond acceptors (Lipinski definition) is 5. The molecule has 1 aromatic heterocycles. The molecule has 0 spiro atoms. The zero-order valence-corrected chi connectivity index (χ0v) is 11.9. The average Bonchev–Trinajstić information content (AvgIpc) is 3.07. The van der Waals surface area contributed by atoms with Crippen LogP contribution in [-0.4, -0.2) is 29.4 Å². The maximum absolute atomic E-state index is 12.2. The number of rotatable bonds is 5. The van der Waals surface area contributed by atoms with Crippen LogP contribution in [0, 0.1) is 0 Å². The smallest absolute Gasteiger partial charge is 0.258 e. The first-order valence-corrected chi connectivity index (χ1v) is 7.10. The number of nitrogens with two attached hydrogens (primary N) is 1. The van der Waals surface area contributed by atoms with Crippen LogP contribution in [0.3, 0.4) is 0 Å². The molecule has 1 aliphatic carbocycles. The van der Waals surface area contributed by atoms with Crippen LogP contribution >= 0.6 is 11.5 Å². The Morgan fingerprint density at radius 2 is 2.33 bits per heavy atom. The van der Waals surface area contributed by atoms with Crippen molar-refractivity contribution >= 4 is 28.3 Å². The molecule has 0 bridgehead atoms. The molecular weight excluding hydrogens is 248 g/mol. The fourth-order valence-corrected chi connectivity index (χ4v) is 2.58. The van der Waals surface area contributed by atoms with Gasteiger partial charge in [0.25, 0.3) is 5.91 Å². The van der Waals surface area contributed by atoms with Crippen LogP contribution in [0.2, 0.25) is 0 Å². The van der Waals surface area contributed by atoms with Crippen LogP contribution in [0.15, 0.2) is 0 Å². The van der Waals surface area contributed by atoms with Crippen molar-refractivity contribution < 1.29 is 4.79 Å². The van der Waals surface area contributed by atoms with Gasteiger partial charge in [0.15, 0.2) is 5.82 Å². The first-order chi connectivity index (χ1) is 8.54. The Balaban J connectivity index is 2.22. The number of carbonyl (C=O) groups is 1. The van der Waals surface area contributed by atoms with Gasteiger partial charge in [-0.1, -0.05) is 6.92 Å². The third-order valence-electron chi connectivity index (χ3n) is 3.41. The number of aromatic nitrogens is 1. The van der Waals surface area contributed by atoms with E-state index >= 15 is 0 Å².